The molecule has 0 aliphatic carbocycles. The second-order valence-electron chi connectivity index (χ2n) is 8.03. The Balaban J connectivity index is 1.54. The molecule has 0 spiro atoms. The minimum absolute atomic E-state index is 0.274. The van der Waals surface area contributed by atoms with E-state index in [0.717, 1.165) is 16.9 Å². The van der Waals surface area contributed by atoms with Crippen molar-refractivity contribution in [2.75, 3.05) is 19.7 Å². The van der Waals surface area contributed by atoms with Gasteiger partial charge in [-0.25, -0.2) is 4.79 Å². The summed E-state index contributed by atoms with van der Waals surface area (Å²) in [7, 11) is 0. The van der Waals surface area contributed by atoms with Crippen LogP contribution in [0.2, 0.25) is 10.0 Å². The first-order valence-corrected chi connectivity index (χ1v) is 10.1. The quantitative estimate of drug-likeness (QED) is 0.523. The third-order valence-electron chi connectivity index (χ3n) is 4.45. The van der Waals surface area contributed by atoms with E-state index in [-0.39, 0.29) is 6.09 Å². The van der Waals surface area contributed by atoms with E-state index in [4.69, 9.17) is 32.7 Å². The van der Waals surface area contributed by atoms with E-state index >= 15 is 0 Å². The molecule has 7 heteroatoms. The molecular weight excluding hydrogens is 411 g/mol. The van der Waals surface area contributed by atoms with Gasteiger partial charge in [0.25, 0.3) is 0 Å². The summed E-state index contributed by atoms with van der Waals surface area (Å²) >= 11 is 12.7. The normalized spacial score (nSPS) is 14.3. The predicted molar refractivity (Wildman–Crippen MR) is 118 cm³/mol. The lowest BCUT2D eigenvalue weighted by molar-refractivity contribution is -0.00781. The molecule has 1 amide bonds. The molecule has 0 saturated carbocycles. The van der Waals surface area contributed by atoms with E-state index in [1.165, 1.54) is 0 Å². The number of aliphatic imine (C=N–C) groups is 1. The summed E-state index contributed by atoms with van der Waals surface area (Å²) in [5, 5.41) is 1.04. The van der Waals surface area contributed by atoms with Gasteiger partial charge in [0.05, 0.1) is 22.3 Å². The second-order valence-corrected chi connectivity index (χ2v) is 8.84. The van der Waals surface area contributed by atoms with Crippen molar-refractivity contribution >= 4 is 41.7 Å². The molecule has 1 saturated heterocycles. The summed E-state index contributed by atoms with van der Waals surface area (Å²) in [6.45, 7) is 10.9. The Morgan fingerprint density at radius 3 is 2.28 bits per heavy atom. The molecule has 1 aliphatic rings. The number of hydrogen-bond donors (Lipinski definition) is 0. The maximum atomic E-state index is 12.0. The van der Waals surface area contributed by atoms with E-state index < -0.39 is 5.60 Å². The van der Waals surface area contributed by atoms with Crippen molar-refractivity contribution in [1.82, 2.24) is 4.90 Å². The summed E-state index contributed by atoms with van der Waals surface area (Å²) in [6, 6.07) is 11.0. The summed E-state index contributed by atoms with van der Waals surface area (Å²) < 4.78 is 11.2. The fourth-order valence-electron chi connectivity index (χ4n) is 3.01. The first-order valence-electron chi connectivity index (χ1n) is 9.33. The molecule has 0 unspecified atom stereocenters. The van der Waals surface area contributed by atoms with Crippen molar-refractivity contribution in [2.24, 2.45) is 10.9 Å². The molecule has 29 heavy (non-hydrogen) atoms. The summed E-state index contributed by atoms with van der Waals surface area (Å²) in [5.74, 6) is 1.05. The van der Waals surface area contributed by atoms with Crippen molar-refractivity contribution < 1.29 is 14.3 Å². The highest BCUT2D eigenvalue weighted by atomic mass is 35.5. The molecule has 1 heterocycles. The molecule has 154 valence electrons. The highest BCUT2D eigenvalue weighted by molar-refractivity contribution is 6.39. The zero-order chi connectivity index (χ0) is 21.2. The number of likely N-dealkylation sites (tertiary alicyclic amines) is 1. The number of rotatable bonds is 5. The van der Waals surface area contributed by atoms with E-state index in [2.05, 4.69) is 11.7 Å². The largest absolute Gasteiger partial charge is 0.493 e. The zero-order valence-corrected chi connectivity index (χ0v) is 18.3. The molecule has 0 aromatic heterocycles. The smallest absolute Gasteiger partial charge is 0.410 e. The first-order chi connectivity index (χ1) is 13.7. The van der Waals surface area contributed by atoms with Crippen LogP contribution >= 0.6 is 23.2 Å². The molecule has 0 bridgehead atoms. The number of benzene rings is 2. The van der Waals surface area contributed by atoms with Crippen LogP contribution in [0.25, 0.3) is 11.1 Å². The fraction of sp³-hybridized carbons (Fsp3) is 0.364. The van der Waals surface area contributed by atoms with E-state index in [9.17, 15) is 4.79 Å². The highest BCUT2D eigenvalue weighted by Gasteiger charge is 2.34. The third-order valence-corrected chi connectivity index (χ3v) is 5.04. The predicted octanol–water partition coefficient (Wildman–Crippen LogP) is 6.24. The van der Waals surface area contributed by atoms with Crippen LogP contribution in [-0.2, 0) is 4.74 Å². The standard InChI is InChI=1S/C22H24Cl2N2O3/c1-22(2,3)29-21(27)26-11-14(12-26)13-28-17-7-5-15(6-8-17)20-18(23)9-16(25-4)10-19(20)24/h5-10,14H,4,11-13H2,1-3H3. The Labute approximate surface area is 181 Å². The van der Waals surface area contributed by atoms with Gasteiger partial charge in [0.2, 0.25) is 0 Å². The summed E-state index contributed by atoms with van der Waals surface area (Å²) in [6.07, 6.45) is -0.274. The molecule has 2 aromatic carbocycles. The number of carbonyl (C=O) groups is 1. The number of nitrogens with zero attached hydrogens (tertiary/aromatic N) is 2. The van der Waals surface area contributed by atoms with Crippen molar-refractivity contribution in [3.63, 3.8) is 0 Å². The molecule has 0 atom stereocenters. The second kappa shape index (κ2) is 8.64. The van der Waals surface area contributed by atoms with Crippen LogP contribution in [0, 0.1) is 5.92 Å². The fourth-order valence-corrected chi connectivity index (χ4v) is 3.70. The molecule has 3 rings (SSSR count). The minimum Gasteiger partial charge on any atom is -0.493 e. The van der Waals surface area contributed by atoms with Gasteiger partial charge in [0.15, 0.2) is 0 Å². The average Bonchev–Trinajstić information content (AvgIpc) is 2.59. The van der Waals surface area contributed by atoms with Crippen LogP contribution in [0.1, 0.15) is 20.8 Å². The minimum atomic E-state index is -0.477. The van der Waals surface area contributed by atoms with E-state index in [0.29, 0.717) is 41.3 Å². The van der Waals surface area contributed by atoms with Crippen molar-refractivity contribution in [3.8, 4) is 16.9 Å². The van der Waals surface area contributed by atoms with Gasteiger partial charge in [-0.1, -0.05) is 35.3 Å². The SMILES string of the molecule is C=Nc1cc(Cl)c(-c2ccc(OCC3CN(C(=O)OC(C)(C)C)C3)cc2)c(Cl)c1. The Hall–Kier alpha value is -2.24. The zero-order valence-electron chi connectivity index (χ0n) is 16.7. The first kappa shape index (κ1) is 21.5. The van der Waals surface area contributed by atoms with Crippen LogP contribution in [0.4, 0.5) is 10.5 Å². The van der Waals surface area contributed by atoms with Gasteiger partial charge in [-0.3, -0.25) is 4.99 Å². The van der Waals surface area contributed by atoms with Crippen LogP contribution < -0.4 is 4.74 Å². The topological polar surface area (TPSA) is 51.1 Å². The maximum absolute atomic E-state index is 12.0. The Morgan fingerprint density at radius 1 is 1.17 bits per heavy atom. The molecule has 2 aromatic rings. The van der Waals surface area contributed by atoms with E-state index in [1.807, 2.05) is 45.0 Å². The molecule has 5 nitrogen and oxygen atoms in total. The number of amides is 1. The third kappa shape index (κ3) is 5.43. The monoisotopic (exact) mass is 434 g/mol. The lowest BCUT2D eigenvalue weighted by atomic mass is 10.0. The van der Waals surface area contributed by atoms with Gasteiger partial charge in [-0.05, 0) is 57.3 Å². The number of hydrogen-bond acceptors (Lipinski definition) is 4. The summed E-state index contributed by atoms with van der Waals surface area (Å²) in [4.78, 5) is 17.5. The molecular formula is C22H24Cl2N2O3. The van der Waals surface area contributed by atoms with Crippen molar-refractivity contribution in [2.45, 2.75) is 26.4 Å². The Bertz CT molecular complexity index is 878. The van der Waals surface area contributed by atoms with Crippen LogP contribution in [0.3, 0.4) is 0 Å². The van der Waals surface area contributed by atoms with Crippen LogP contribution in [0.15, 0.2) is 41.4 Å². The van der Waals surface area contributed by atoms with Gasteiger partial charge in [0, 0.05) is 24.6 Å². The van der Waals surface area contributed by atoms with Gasteiger partial charge in [-0.15, -0.1) is 0 Å². The molecule has 0 radical (unpaired) electrons. The van der Waals surface area contributed by atoms with E-state index in [1.54, 1.807) is 17.0 Å². The Morgan fingerprint density at radius 2 is 1.76 bits per heavy atom. The van der Waals surface area contributed by atoms with Gasteiger partial charge in [-0.2, -0.15) is 0 Å². The van der Waals surface area contributed by atoms with Crippen LogP contribution in [-0.4, -0.2) is 43.0 Å². The number of halogens is 2. The highest BCUT2D eigenvalue weighted by Crippen LogP contribution is 2.38. The lowest BCUT2D eigenvalue weighted by Crippen LogP contribution is -2.53. The molecule has 1 aliphatic heterocycles. The van der Waals surface area contributed by atoms with Crippen molar-refractivity contribution in [3.05, 3.63) is 46.4 Å². The average molecular weight is 435 g/mol. The van der Waals surface area contributed by atoms with Gasteiger partial charge >= 0.3 is 6.09 Å². The molecule has 1 fully saturated rings. The van der Waals surface area contributed by atoms with Gasteiger partial charge < -0.3 is 14.4 Å². The van der Waals surface area contributed by atoms with Crippen LogP contribution in [0.5, 0.6) is 5.75 Å². The number of ether oxygens (including phenoxy) is 2. The lowest BCUT2D eigenvalue weighted by Gasteiger charge is -2.39. The number of carbonyl (C=O) groups excluding carboxylic acids is 1. The Kier molecular flexibility index (Phi) is 6.39. The molecule has 0 N–H and O–H groups in total. The van der Waals surface area contributed by atoms with Gasteiger partial charge in [0.1, 0.15) is 11.4 Å². The maximum Gasteiger partial charge on any atom is 0.410 e. The summed E-state index contributed by atoms with van der Waals surface area (Å²) in [5.41, 5.74) is 1.79. The van der Waals surface area contributed by atoms with Crippen molar-refractivity contribution in [1.29, 1.82) is 0 Å².